The summed E-state index contributed by atoms with van der Waals surface area (Å²) in [6, 6.07) is 19.9. The van der Waals surface area contributed by atoms with Gasteiger partial charge in [0.25, 0.3) is 5.89 Å². The molecule has 0 radical (unpaired) electrons. The Bertz CT molecular complexity index is 1410. The molecule has 35 heavy (non-hydrogen) atoms. The van der Waals surface area contributed by atoms with Gasteiger partial charge in [-0.2, -0.15) is 15.2 Å². The van der Waals surface area contributed by atoms with E-state index in [1.165, 1.54) is 25.0 Å². The smallest absolute Gasteiger partial charge is 0.308 e. The van der Waals surface area contributed by atoms with Crippen LogP contribution in [0.3, 0.4) is 0 Å². The summed E-state index contributed by atoms with van der Waals surface area (Å²) in [6.07, 6.45) is 2.37. The van der Waals surface area contributed by atoms with Gasteiger partial charge in [0, 0.05) is 16.7 Å². The SMILES string of the molecule is OC(O)(O)c1cc(-c2noc(-c3ccc4c(c3)N=NC4C3CC3)n2)ccc1OCc1ccccc1. The lowest BCUT2D eigenvalue weighted by atomic mass is 10.0. The minimum atomic E-state index is -3.11. The molecule has 1 aliphatic heterocycles. The molecule has 176 valence electrons. The quantitative estimate of drug-likeness (QED) is 0.336. The third-order valence-corrected chi connectivity index (χ3v) is 6.22. The molecule has 0 spiro atoms. The highest BCUT2D eigenvalue weighted by Crippen LogP contribution is 2.50. The monoisotopic (exact) mass is 470 g/mol. The van der Waals surface area contributed by atoms with E-state index in [0.29, 0.717) is 22.9 Å². The summed E-state index contributed by atoms with van der Waals surface area (Å²) < 4.78 is 11.2. The summed E-state index contributed by atoms with van der Waals surface area (Å²) >= 11 is 0. The first-order chi connectivity index (χ1) is 17.0. The Kier molecular flexibility index (Phi) is 5.18. The van der Waals surface area contributed by atoms with Gasteiger partial charge in [0.1, 0.15) is 18.4 Å². The van der Waals surface area contributed by atoms with Crippen molar-refractivity contribution in [2.75, 3.05) is 0 Å². The van der Waals surface area contributed by atoms with E-state index < -0.39 is 5.97 Å². The Hall–Kier alpha value is -3.92. The van der Waals surface area contributed by atoms with Crippen molar-refractivity contribution < 1.29 is 24.6 Å². The van der Waals surface area contributed by atoms with Crippen LogP contribution < -0.4 is 4.74 Å². The minimum absolute atomic E-state index is 0.114. The number of aromatic nitrogens is 2. The summed E-state index contributed by atoms with van der Waals surface area (Å²) in [5.41, 5.74) is 3.72. The van der Waals surface area contributed by atoms with E-state index in [1.807, 2.05) is 48.5 Å². The molecule has 9 heteroatoms. The van der Waals surface area contributed by atoms with Crippen LogP contribution in [0.15, 0.2) is 81.5 Å². The molecule has 1 unspecified atom stereocenters. The van der Waals surface area contributed by atoms with E-state index in [-0.39, 0.29) is 29.8 Å². The van der Waals surface area contributed by atoms with Gasteiger partial charge in [-0.05, 0) is 54.7 Å². The van der Waals surface area contributed by atoms with Crippen molar-refractivity contribution in [3.63, 3.8) is 0 Å². The van der Waals surface area contributed by atoms with Crippen LogP contribution in [0.5, 0.6) is 5.75 Å². The molecule has 1 aliphatic carbocycles. The second-order valence-corrected chi connectivity index (χ2v) is 8.82. The van der Waals surface area contributed by atoms with Gasteiger partial charge in [0.15, 0.2) is 0 Å². The molecular weight excluding hydrogens is 448 g/mol. The van der Waals surface area contributed by atoms with Crippen LogP contribution in [0.2, 0.25) is 0 Å². The molecule has 0 saturated heterocycles. The Morgan fingerprint density at radius 1 is 0.943 bits per heavy atom. The molecule has 1 fully saturated rings. The molecule has 2 aliphatic rings. The first-order valence-electron chi connectivity index (χ1n) is 11.3. The zero-order chi connectivity index (χ0) is 24.0. The van der Waals surface area contributed by atoms with Crippen molar-refractivity contribution in [3.8, 4) is 28.6 Å². The summed E-state index contributed by atoms with van der Waals surface area (Å²) in [7, 11) is 0. The van der Waals surface area contributed by atoms with E-state index in [1.54, 1.807) is 6.07 Å². The standard InChI is InChI=1S/C26H22N4O5/c31-26(32,33)20-12-17(9-11-22(20)34-14-15-4-2-1-3-5-15)24-27-25(35-30-24)18-8-10-19-21(13-18)28-29-23(19)16-6-7-16/h1-5,8-13,16,23,31-33H,6-7,14H2. The normalized spacial score (nSPS) is 16.9. The second kappa shape index (κ2) is 8.38. The maximum absolute atomic E-state index is 9.92. The fourth-order valence-electron chi connectivity index (χ4n) is 4.21. The molecule has 6 rings (SSSR count). The highest BCUT2D eigenvalue weighted by Gasteiger charge is 2.36. The van der Waals surface area contributed by atoms with Crippen molar-refractivity contribution in [3.05, 3.63) is 83.4 Å². The number of nitrogens with zero attached hydrogens (tertiary/aromatic N) is 4. The third kappa shape index (κ3) is 4.32. The van der Waals surface area contributed by atoms with Gasteiger partial charge in [-0.15, -0.1) is 0 Å². The van der Waals surface area contributed by atoms with E-state index >= 15 is 0 Å². The molecule has 4 aromatic rings. The van der Waals surface area contributed by atoms with Gasteiger partial charge in [-0.25, -0.2) is 0 Å². The van der Waals surface area contributed by atoms with Crippen LogP contribution in [0, 0.1) is 5.92 Å². The molecule has 0 amide bonds. The van der Waals surface area contributed by atoms with Gasteiger partial charge in [-0.3, -0.25) is 0 Å². The van der Waals surface area contributed by atoms with Gasteiger partial charge < -0.3 is 24.6 Å². The van der Waals surface area contributed by atoms with E-state index in [2.05, 4.69) is 20.4 Å². The minimum Gasteiger partial charge on any atom is -0.488 e. The lowest BCUT2D eigenvalue weighted by Crippen LogP contribution is -2.25. The van der Waals surface area contributed by atoms with Crippen molar-refractivity contribution >= 4 is 5.69 Å². The number of hydrogen-bond donors (Lipinski definition) is 3. The van der Waals surface area contributed by atoms with Crippen LogP contribution in [0.25, 0.3) is 22.8 Å². The van der Waals surface area contributed by atoms with Gasteiger partial charge >= 0.3 is 5.97 Å². The van der Waals surface area contributed by atoms with Crippen molar-refractivity contribution in [1.29, 1.82) is 0 Å². The highest BCUT2D eigenvalue weighted by molar-refractivity contribution is 5.66. The average molecular weight is 470 g/mol. The van der Waals surface area contributed by atoms with Crippen molar-refractivity contribution in [2.24, 2.45) is 16.1 Å². The Balaban J connectivity index is 1.26. The molecule has 3 aromatic carbocycles. The predicted octanol–water partition coefficient (Wildman–Crippen LogP) is 4.62. The Morgan fingerprint density at radius 2 is 1.74 bits per heavy atom. The Morgan fingerprint density at radius 3 is 2.51 bits per heavy atom. The van der Waals surface area contributed by atoms with Crippen LogP contribution in [-0.4, -0.2) is 25.5 Å². The third-order valence-electron chi connectivity index (χ3n) is 6.22. The number of aliphatic hydroxyl groups is 3. The van der Waals surface area contributed by atoms with Crippen molar-refractivity contribution in [1.82, 2.24) is 10.1 Å². The van der Waals surface area contributed by atoms with Gasteiger partial charge in [0.2, 0.25) is 5.82 Å². The van der Waals surface area contributed by atoms with E-state index in [9.17, 15) is 15.3 Å². The number of benzene rings is 3. The largest absolute Gasteiger partial charge is 0.488 e. The highest BCUT2D eigenvalue weighted by atomic mass is 16.7. The number of hydrogen-bond acceptors (Lipinski definition) is 9. The molecular formula is C26H22N4O5. The zero-order valence-electron chi connectivity index (χ0n) is 18.6. The van der Waals surface area contributed by atoms with Crippen molar-refractivity contribution in [2.45, 2.75) is 31.5 Å². The fourth-order valence-corrected chi connectivity index (χ4v) is 4.21. The molecule has 9 nitrogen and oxygen atoms in total. The number of rotatable bonds is 7. The topological polar surface area (TPSA) is 134 Å². The molecule has 1 saturated carbocycles. The second-order valence-electron chi connectivity index (χ2n) is 8.82. The van der Waals surface area contributed by atoms with Crippen LogP contribution >= 0.6 is 0 Å². The zero-order valence-corrected chi connectivity index (χ0v) is 18.6. The molecule has 2 heterocycles. The maximum atomic E-state index is 9.92. The summed E-state index contributed by atoms with van der Waals surface area (Å²) in [4.78, 5) is 4.45. The number of azo groups is 1. The van der Waals surface area contributed by atoms with Crippen LogP contribution in [-0.2, 0) is 12.6 Å². The summed E-state index contributed by atoms with van der Waals surface area (Å²) in [6.45, 7) is 0.187. The van der Waals surface area contributed by atoms with E-state index in [0.717, 1.165) is 16.8 Å². The molecule has 1 aromatic heterocycles. The number of ether oxygens (including phenoxy) is 1. The molecule has 3 N–H and O–H groups in total. The van der Waals surface area contributed by atoms with Gasteiger partial charge in [-0.1, -0.05) is 41.6 Å². The lowest BCUT2D eigenvalue weighted by molar-refractivity contribution is -0.324. The summed E-state index contributed by atoms with van der Waals surface area (Å²) in [5.74, 6) is -1.90. The first-order valence-corrected chi connectivity index (χ1v) is 11.3. The summed E-state index contributed by atoms with van der Waals surface area (Å²) in [5, 5.41) is 42.5. The van der Waals surface area contributed by atoms with Crippen LogP contribution in [0.4, 0.5) is 5.69 Å². The number of fused-ring (bicyclic) bond motifs is 1. The fraction of sp³-hybridized carbons (Fsp3) is 0.231. The first kappa shape index (κ1) is 21.6. The predicted molar refractivity (Wildman–Crippen MR) is 124 cm³/mol. The van der Waals surface area contributed by atoms with Crippen LogP contribution in [0.1, 0.15) is 35.6 Å². The Labute approximate surface area is 200 Å². The van der Waals surface area contributed by atoms with E-state index in [4.69, 9.17) is 9.26 Å². The lowest BCUT2D eigenvalue weighted by Gasteiger charge is -2.19. The average Bonchev–Trinajstić information content (AvgIpc) is 3.42. The maximum Gasteiger partial charge on any atom is 0.308 e. The molecule has 1 atom stereocenters. The van der Waals surface area contributed by atoms with Gasteiger partial charge in [0.05, 0.1) is 11.3 Å². The molecule has 0 bridgehead atoms.